The summed E-state index contributed by atoms with van der Waals surface area (Å²) in [5.74, 6) is 0.286. The molecule has 0 aromatic carbocycles. The topological polar surface area (TPSA) is 76.6 Å². The molecule has 0 spiro atoms. The van der Waals surface area contributed by atoms with E-state index in [1.807, 2.05) is 6.92 Å². The Morgan fingerprint density at radius 2 is 2.11 bits per heavy atom. The van der Waals surface area contributed by atoms with Crippen LogP contribution in [0.3, 0.4) is 0 Å². The van der Waals surface area contributed by atoms with Gasteiger partial charge in [0.2, 0.25) is 0 Å². The van der Waals surface area contributed by atoms with Gasteiger partial charge in [0.05, 0.1) is 19.7 Å². The Balaban J connectivity index is 1.83. The largest absolute Gasteiger partial charge is 0.491 e. The molecule has 7 nitrogen and oxygen atoms in total. The van der Waals surface area contributed by atoms with E-state index in [0.29, 0.717) is 23.5 Å². The number of methoxy groups -OCH3 is 1. The third kappa shape index (κ3) is 3.80. The number of rotatable bonds is 6. The molecule has 1 amide bonds. The summed E-state index contributed by atoms with van der Waals surface area (Å²) in [6.07, 6.45) is -1.54. The van der Waals surface area contributed by atoms with Crippen LogP contribution in [0.4, 0.5) is 19.0 Å². The minimum absolute atomic E-state index is 0.0651. The van der Waals surface area contributed by atoms with Crippen LogP contribution in [-0.4, -0.2) is 47.7 Å². The standard InChI is InChI=1S/C18H19F3N4O3/c1-10(25-8-13-12(17(25)26)4-5-23-15(13)22-2)11-6-14(27-3)16(24-7-11)28-9-18(19,20)21/h4-7,10H,8-9H2,1-3H3,(H,22,23). The van der Waals surface area contributed by atoms with Crippen LogP contribution in [0.25, 0.3) is 0 Å². The van der Waals surface area contributed by atoms with Gasteiger partial charge in [0, 0.05) is 30.6 Å². The monoisotopic (exact) mass is 396 g/mol. The van der Waals surface area contributed by atoms with Crippen molar-refractivity contribution in [2.24, 2.45) is 0 Å². The second-order valence-electron chi connectivity index (χ2n) is 6.22. The Hall–Kier alpha value is -3.04. The maximum Gasteiger partial charge on any atom is 0.422 e. The van der Waals surface area contributed by atoms with Crippen LogP contribution in [0.2, 0.25) is 0 Å². The van der Waals surface area contributed by atoms with Crippen molar-refractivity contribution < 1.29 is 27.4 Å². The quantitative estimate of drug-likeness (QED) is 0.808. The van der Waals surface area contributed by atoms with E-state index in [1.165, 1.54) is 19.4 Å². The summed E-state index contributed by atoms with van der Waals surface area (Å²) in [5.41, 5.74) is 1.97. The third-order valence-corrected chi connectivity index (χ3v) is 4.49. The third-order valence-electron chi connectivity index (χ3n) is 4.49. The van der Waals surface area contributed by atoms with Crippen molar-refractivity contribution in [1.82, 2.24) is 14.9 Å². The van der Waals surface area contributed by atoms with Crippen molar-refractivity contribution in [3.63, 3.8) is 0 Å². The maximum absolute atomic E-state index is 12.8. The lowest BCUT2D eigenvalue weighted by molar-refractivity contribution is -0.154. The summed E-state index contributed by atoms with van der Waals surface area (Å²) in [6.45, 7) is 0.696. The normalized spacial score (nSPS) is 14.6. The highest BCUT2D eigenvalue weighted by Gasteiger charge is 2.34. The molecule has 0 radical (unpaired) electrons. The molecule has 1 N–H and O–H groups in total. The molecule has 2 aromatic rings. The molecule has 28 heavy (non-hydrogen) atoms. The number of carbonyl (C=O) groups excluding carboxylic acids is 1. The first-order chi connectivity index (χ1) is 13.2. The van der Waals surface area contributed by atoms with Gasteiger partial charge >= 0.3 is 6.18 Å². The molecular formula is C18H19F3N4O3. The molecule has 3 heterocycles. The zero-order chi connectivity index (χ0) is 20.5. The molecule has 1 unspecified atom stereocenters. The first-order valence-corrected chi connectivity index (χ1v) is 8.45. The summed E-state index contributed by atoms with van der Waals surface area (Å²) in [6, 6.07) is 2.80. The molecule has 10 heteroatoms. The van der Waals surface area contributed by atoms with Crippen LogP contribution >= 0.6 is 0 Å². The van der Waals surface area contributed by atoms with Crippen LogP contribution < -0.4 is 14.8 Å². The van der Waals surface area contributed by atoms with Crippen molar-refractivity contribution in [3.05, 3.63) is 41.2 Å². The van der Waals surface area contributed by atoms with Crippen LogP contribution in [0.1, 0.15) is 34.5 Å². The Bertz CT molecular complexity index is 889. The Morgan fingerprint density at radius 1 is 1.36 bits per heavy atom. The second kappa shape index (κ2) is 7.53. The van der Waals surface area contributed by atoms with Gasteiger partial charge < -0.3 is 19.7 Å². The SMILES string of the molecule is CNc1nccc2c1CN(C(C)c1cnc(OCC(F)(F)F)c(OC)c1)C2=O. The van der Waals surface area contributed by atoms with E-state index in [2.05, 4.69) is 15.3 Å². The van der Waals surface area contributed by atoms with E-state index in [4.69, 9.17) is 9.47 Å². The highest BCUT2D eigenvalue weighted by atomic mass is 19.4. The minimum atomic E-state index is -4.48. The number of carbonyl (C=O) groups is 1. The number of alkyl halides is 3. The van der Waals surface area contributed by atoms with Gasteiger partial charge in [-0.15, -0.1) is 0 Å². The van der Waals surface area contributed by atoms with Crippen molar-refractivity contribution in [1.29, 1.82) is 0 Å². The van der Waals surface area contributed by atoms with E-state index < -0.39 is 12.8 Å². The maximum atomic E-state index is 12.8. The highest BCUT2D eigenvalue weighted by Crippen LogP contribution is 2.36. The average molecular weight is 396 g/mol. The van der Waals surface area contributed by atoms with Crippen LogP contribution in [0.5, 0.6) is 11.6 Å². The average Bonchev–Trinajstić information content (AvgIpc) is 3.01. The predicted octanol–water partition coefficient (Wildman–Crippen LogP) is 3.19. The van der Waals surface area contributed by atoms with E-state index in [1.54, 1.807) is 24.2 Å². The van der Waals surface area contributed by atoms with Gasteiger partial charge in [-0.3, -0.25) is 4.79 Å². The first kappa shape index (κ1) is 19.7. The van der Waals surface area contributed by atoms with Gasteiger partial charge in [-0.05, 0) is 24.6 Å². The number of nitrogens with zero attached hydrogens (tertiary/aromatic N) is 3. The van der Waals surface area contributed by atoms with E-state index in [-0.39, 0.29) is 23.6 Å². The molecule has 0 bridgehead atoms. The lowest BCUT2D eigenvalue weighted by Gasteiger charge is -2.25. The number of fused-ring (bicyclic) bond motifs is 1. The summed E-state index contributed by atoms with van der Waals surface area (Å²) < 4.78 is 46.9. The second-order valence-corrected chi connectivity index (χ2v) is 6.22. The highest BCUT2D eigenvalue weighted by molar-refractivity contribution is 5.99. The minimum Gasteiger partial charge on any atom is -0.491 e. The predicted molar refractivity (Wildman–Crippen MR) is 94.4 cm³/mol. The number of aromatic nitrogens is 2. The number of pyridine rings is 2. The van der Waals surface area contributed by atoms with Crippen LogP contribution in [0, 0.1) is 0 Å². The molecule has 0 saturated carbocycles. The Kier molecular flexibility index (Phi) is 5.30. The van der Waals surface area contributed by atoms with Crippen molar-refractivity contribution in [2.75, 3.05) is 26.1 Å². The molecule has 0 fully saturated rings. The van der Waals surface area contributed by atoms with Gasteiger partial charge in [-0.2, -0.15) is 13.2 Å². The van der Waals surface area contributed by atoms with Gasteiger partial charge in [0.1, 0.15) is 5.82 Å². The number of nitrogens with one attached hydrogen (secondary N) is 1. The van der Waals surface area contributed by atoms with Crippen molar-refractivity contribution in [3.8, 4) is 11.6 Å². The summed E-state index contributed by atoms with van der Waals surface area (Å²) >= 11 is 0. The zero-order valence-electron chi connectivity index (χ0n) is 15.5. The van der Waals surface area contributed by atoms with Gasteiger partial charge in [0.15, 0.2) is 12.4 Å². The van der Waals surface area contributed by atoms with E-state index in [9.17, 15) is 18.0 Å². The van der Waals surface area contributed by atoms with E-state index >= 15 is 0 Å². The van der Waals surface area contributed by atoms with Gasteiger partial charge in [0.25, 0.3) is 11.8 Å². The number of halogens is 3. The summed E-state index contributed by atoms with van der Waals surface area (Å²) in [5, 5.41) is 2.97. The number of ether oxygens (including phenoxy) is 2. The Labute approximate surface area is 159 Å². The fourth-order valence-electron chi connectivity index (χ4n) is 3.04. The lowest BCUT2D eigenvalue weighted by atomic mass is 10.1. The number of hydrogen-bond donors (Lipinski definition) is 1. The molecule has 0 aliphatic carbocycles. The van der Waals surface area contributed by atoms with Gasteiger partial charge in [-0.25, -0.2) is 9.97 Å². The fourth-order valence-corrected chi connectivity index (χ4v) is 3.04. The fraction of sp³-hybridized carbons (Fsp3) is 0.389. The summed E-state index contributed by atoms with van der Waals surface area (Å²) in [4.78, 5) is 22.6. The molecule has 1 aliphatic rings. The number of amides is 1. The molecule has 0 saturated heterocycles. The number of anilines is 1. The molecule has 1 aliphatic heterocycles. The number of hydrogen-bond acceptors (Lipinski definition) is 6. The smallest absolute Gasteiger partial charge is 0.422 e. The first-order valence-electron chi connectivity index (χ1n) is 8.45. The molecule has 1 atom stereocenters. The van der Waals surface area contributed by atoms with Crippen LogP contribution in [-0.2, 0) is 6.54 Å². The molecular weight excluding hydrogens is 377 g/mol. The zero-order valence-corrected chi connectivity index (χ0v) is 15.5. The van der Waals surface area contributed by atoms with Crippen molar-refractivity contribution >= 4 is 11.7 Å². The Morgan fingerprint density at radius 3 is 2.75 bits per heavy atom. The molecule has 2 aromatic heterocycles. The van der Waals surface area contributed by atoms with Gasteiger partial charge in [-0.1, -0.05) is 0 Å². The molecule has 3 rings (SSSR count). The summed E-state index contributed by atoms with van der Waals surface area (Å²) in [7, 11) is 3.04. The molecule has 150 valence electrons. The lowest BCUT2D eigenvalue weighted by Crippen LogP contribution is -2.27. The van der Waals surface area contributed by atoms with Crippen molar-refractivity contribution in [2.45, 2.75) is 25.7 Å². The van der Waals surface area contributed by atoms with Crippen LogP contribution in [0.15, 0.2) is 24.5 Å². The van der Waals surface area contributed by atoms with E-state index in [0.717, 1.165) is 5.56 Å².